The van der Waals surface area contributed by atoms with E-state index in [9.17, 15) is 18.9 Å². The second-order valence-electron chi connectivity index (χ2n) is 3.97. The molecule has 0 amide bonds. The Hall–Kier alpha value is -2.28. The van der Waals surface area contributed by atoms with Gasteiger partial charge in [0.1, 0.15) is 16.8 Å². The molecule has 0 aliphatic heterocycles. The van der Waals surface area contributed by atoms with Gasteiger partial charge in [-0.1, -0.05) is 11.6 Å². The average Bonchev–Trinajstić information content (AvgIpc) is 2.35. The van der Waals surface area contributed by atoms with E-state index in [-0.39, 0.29) is 22.2 Å². The van der Waals surface area contributed by atoms with E-state index >= 15 is 0 Å². The normalized spacial score (nSPS) is 10.4. The van der Waals surface area contributed by atoms with Crippen molar-refractivity contribution < 1.29 is 13.7 Å². The maximum Gasteiger partial charge on any atom is 0.311 e. The molecule has 8 heteroatoms. The monoisotopic (exact) mass is 299 g/mol. The highest BCUT2D eigenvalue weighted by Crippen LogP contribution is 2.29. The summed E-state index contributed by atoms with van der Waals surface area (Å²) in [5.41, 5.74) is -0.526. The summed E-state index contributed by atoms with van der Waals surface area (Å²) in [6.07, 6.45) is 0. The molecule has 0 bridgehead atoms. The summed E-state index contributed by atoms with van der Waals surface area (Å²) in [4.78, 5) is 13.9. The van der Waals surface area contributed by atoms with Crippen molar-refractivity contribution in [1.29, 1.82) is 0 Å². The number of hydrogen-bond donors (Lipinski definition) is 1. The number of benzene rings is 1. The van der Waals surface area contributed by atoms with E-state index in [1.165, 1.54) is 13.0 Å². The van der Waals surface area contributed by atoms with Gasteiger partial charge < -0.3 is 5.32 Å². The first kappa shape index (κ1) is 14.1. The second-order valence-corrected chi connectivity index (χ2v) is 4.35. The minimum Gasteiger partial charge on any atom is -0.332 e. The van der Waals surface area contributed by atoms with Crippen molar-refractivity contribution in [2.45, 2.75) is 6.92 Å². The van der Waals surface area contributed by atoms with Crippen LogP contribution in [0.1, 0.15) is 5.56 Å². The number of pyridine rings is 1. The zero-order chi connectivity index (χ0) is 14.9. The van der Waals surface area contributed by atoms with Crippen molar-refractivity contribution in [3.63, 3.8) is 0 Å². The van der Waals surface area contributed by atoms with Gasteiger partial charge in [-0.3, -0.25) is 10.1 Å². The fourth-order valence-electron chi connectivity index (χ4n) is 1.54. The lowest BCUT2D eigenvalue weighted by Crippen LogP contribution is -2.02. The Bertz CT molecular complexity index is 695. The smallest absolute Gasteiger partial charge is 0.311 e. The van der Waals surface area contributed by atoms with E-state index in [0.29, 0.717) is 0 Å². The molecule has 0 spiro atoms. The lowest BCUT2D eigenvalue weighted by Gasteiger charge is -2.08. The third-order valence-corrected chi connectivity index (χ3v) is 2.75. The number of rotatable bonds is 3. The summed E-state index contributed by atoms with van der Waals surface area (Å²) in [5, 5.41) is 13.2. The van der Waals surface area contributed by atoms with Crippen molar-refractivity contribution >= 4 is 28.8 Å². The summed E-state index contributed by atoms with van der Waals surface area (Å²) >= 11 is 5.64. The molecule has 1 heterocycles. The standard InChI is InChI=1S/C12H8ClF2N3O2/c1-6-4-8(15)9(5-7(6)14)16-12-10(18(19)20)2-3-11(13)17-12/h2-5H,1H3,(H,16,17). The van der Waals surface area contributed by atoms with Gasteiger partial charge in [0.2, 0.25) is 5.82 Å². The minimum absolute atomic E-state index is 0.00825. The summed E-state index contributed by atoms with van der Waals surface area (Å²) in [7, 11) is 0. The van der Waals surface area contributed by atoms with Gasteiger partial charge in [0, 0.05) is 12.1 Å². The van der Waals surface area contributed by atoms with Gasteiger partial charge in [-0.05, 0) is 24.6 Å². The van der Waals surface area contributed by atoms with Crippen LogP contribution < -0.4 is 5.32 Å². The Morgan fingerprint density at radius 2 is 2.00 bits per heavy atom. The molecule has 0 atom stereocenters. The fraction of sp³-hybridized carbons (Fsp3) is 0.0833. The molecule has 0 saturated heterocycles. The zero-order valence-electron chi connectivity index (χ0n) is 10.2. The molecule has 1 aromatic carbocycles. The number of aryl methyl sites for hydroxylation is 1. The van der Waals surface area contributed by atoms with Crippen molar-refractivity contribution in [2.24, 2.45) is 0 Å². The van der Waals surface area contributed by atoms with Crippen LogP contribution in [-0.2, 0) is 0 Å². The molecular formula is C12H8ClF2N3O2. The highest BCUT2D eigenvalue weighted by Gasteiger charge is 2.18. The molecule has 0 aliphatic rings. The van der Waals surface area contributed by atoms with Crippen LogP contribution in [0, 0.1) is 28.7 Å². The Kier molecular flexibility index (Phi) is 3.80. The lowest BCUT2D eigenvalue weighted by molar-refractivity contribution is -0.384. The first-order chi connectivity index (χ1) is 9.38. The number of nitrogens with one attached hydrogen (secondary N) is 1. The molecule has 20 heavy (non-hydrogen) atoms. The van der Waals surface area contributed by atoms with Crippen LogP contribution >= 0.6 is 11.6 Å². The first-order valence-corrected chi connectivity index (χ1v) is 5.80. The van der Waals surface area contributed by atoms with E-state index in [0.717, 1.165) is 18.2 Å². The number of halogens is 3. The van der Waals surface area contributed by atoms with Crippen LogP contribution in [0.5, 0.6) is 0 Å². The van der Waals surface area contributed by atoms with Gasteiger partial charge in [0.15, 0.2) is 0 Å². The third-order valence-electron chi connectivity index (χ3n) is 2.54. The lowest BCUT2D eigenvalue weighted by atomic mass is 10.2. The van der Waals surface area contributed by atoms with Crippen LogP contribution in [0.15, 0.2) is 24.3 Å². The largest absolute Gasteiger partial charge is 0.332 e. The number of nitro groups is 1. The Morgan fingerprint density at radius 3 is 2.65 bits per heavy atom. The Morgan fingerprint density at radius 1 is 1.30 bits per heavy atom. The van der Waals surface area contributed by atoms with E-state index in [2.05, 4.69) is 10.3 Å². The first-order valence-electron chi connectivity index (χ1n) is 5.42. The highest BCUT2D eigenvalue weighted by atomic mass is 35.5. The molecular weight excluding hydrogens is 292 g/mol. The van der Waals surface area contributed by atoms with Gasteiger partial charge in [-0.25, -0.2) is 13.8 Å². The van der Waals surface area contributed by atoms with Crippen LogP contribution in [0.3, 0.4) is 0 Å². The van der Waals surface area contributed by atoms with E-state index in [1.807, 2.05) is 0 Å². The topological polar surface area (TPSA) is 68.1 Å². The molecule has 1 aromatic heterocycles. The van der Waals surface area contributed by atoms with Crippen molar-refractivity contribution in [3.8, 4) is 0 Å². The van der Waals surface area contributed by atoms with Crippen molar-refractivity contribution in [1.82, 2.24) is 4.98 Å². The maximum absolute atomic E-state index is 13.7. The SMILES string of the molecule is Cc1cc(F)c(Nc2nc(Cl)ccc2[N+](=O)[O-])cc1F. The summed E-state index contributed by atoms with van der Waals surface area (Å²) in [5.74, 6) is -1.65. The van der Waals surface area contributed by atoms with Crippen molar-refractivity contribution in [2.75, 3.05) is 5.32 Å². The van der Waals surface area contributed by atoms with Gasteiger partial charge >= 0.3 is 5.69 Å². The van der Waals surface area contributed by atoms with E-state index < -0.39 is 22.2 Å². The number of nitrogens with zero attached hydrogens (tertiary/aromatic N) is 2. The predicted octanol–water partition coefficient (Wildman–Crippen LogP) is 3.97. The Balaban J connectivity index is 2.47. The summed E-state index contributed by atoms with van der Waals surface area (Å²) < 4.78 is 27.1. The minimum atomic E-state index is -0.750. The quantitative estimate of drug-likeness (QED) is 0.529. The molecule has 5 nitrogen and oxygen atoms in total. The molecule has 0 radical (unpaired) electrons. The van der Waals surface area contributed by atoms with E-state index in [1.54, 1.807) is 0 Å². The van der Waals surface area contributed by atoms with Gasteiger partial charge in [-0.2, -0.15) is 0 Å². The summed E-state index contributed by atoms with van der Waals surface area (Å²) in [6, 6.07) is 4.24. The summed E-state index contributed by atoms with van der Waals surface area (Å²) in [6.45, 7) is 1.41. The number of hydrogen-bond acceptors (Lipinski definition) is 4. The molecule has 0 saturated carbocycles. The van der Waals surface area contributed by atoms with Gasteiger partial charge in [0.05, 0.1) is 10.6 Å². The van der Waals surface area contributed by atoms with Gasteiger partial charge in [-0.15, -0.1) is 0 Å². The molecule has 1 N–H and O–H groups in total. The van der Waals surface area contributed by atoms with Crippen LogP contribution in [0.2, 0.25) is 5.15 Å². The van der Waals surface area contributed by atoms with E-state index in [4.69, 9.17) is 11.6 Å². The molecule has 2 aromatic rings. The molecule has 0 aliphatic carbocycles. The predicted molar refractivity (Wildman–Crippen MR) is 70.3 cm³/mol. The van der Waals surface area contributed by atoms with Crippen molar-refractivity contribution in [3.05, 3.63) is 56.7 Å². The van der Waals surface area contributed by atoms with Crippen LogP contribution in [0.25, 0.3) is 0 Å². The molecule has 0 fully saturated rings. The molecule has 2 rings (SSSR count). The maximum atomic E-state index is 13.7. The Labute approximate surface area is 117 Å². The highest BCUT2D eigenvalue weighted by molar-refractivity contribution is 6.29. The second kappa shape index (κ2) is 5.38. The number of aromatic nitrogens is 1. The van der Waals surface area contributed by atoms with Crippen LogP contribution in [-0.4, -0.2) is 9.91 Å². The van der Waals surface area contributed by atoms with Crippen LogP contribution in [0.4, 0.5) is 26.0 Å². The average molecular weight is 300 g/mol. The third kappa shape index (κ3) is 2.83. The zero-order valence-corrected chi connectivity index (χ0v) is 10.9. The molecule has 104 valence electrons. The number of anilines is 2. The van der Waals surface area contributed by atoms with Gasteiger partial charge in [0.25, 0.3) is 0 Å². The fourth-order valence-corrected chi connectivity index (χ4v) is 1.68. The molecule has 0 unspecified atom stereocenters.